The van der Waals surface area contributed by atoms with Gasteiger partial charge in [-0.1, -0.05) is 6.07 Å². The lowest BCUT2D eigenvalue weighted by molar-refractivity contribution is -0.141. The van der Waals surface area contributed by atoms with Crippen LogP contribution in [0.25, 0.3) is 10.6 Å². The Morgan fingerprint density at radius 2 is 1.72 bits per heavy atom. The van der Waals surface area contributed by atoms with Gasteiger partial charge in [-0.2, -0.15) is 13.2 Å². The van der Waals surface area contributed by atoms with Crippen molar-refractivity contribution in [1.29, 1.82) is 0 Å². The van der Waals surface area contributed by atoms with Crippen LogP contribution in [-0.2, 0) is 20.8 Å². The topological polar surface area (TPSA) is 117 Å². The van der Waals surface area contributed by atoms with Crippen molar-refractivity contribution in [1.82, 2.24) is 9.97 Å². The molecule has 36 heavy (non-hydrogen) atoms. The Morgan fingerprint density at radius 1 is 1.06 bits per heavy atom. The molecule has 14 heteroatoms. The van der Waals surface area contributed by atoms with Crippen molar-refractivity contribution in [3.05, 3.63) is 41.4 Å². The number of sulfone groups is 1. The van der Waals surface area contributed by atoms with Crippen molar-refractivity contribution in [2.75, 3.05) is 32.4 Å². The summed E-state index contributed by atoms with van der Waals surface area (Å²) in [5.41, 5.74) is -1.19. The average molecular weight is 546 g/mol. The fourth-order valence-corrected chi connectivity index (χ4v) is 5.02. The van der Waals surface area contributed by atoms with E-state index >= 15 is 0 Å². The number of carbonyl (C=O) groups excluding carboxylic acids is 1. The second-order valence-electron chi connectivity index (χ2n) is 7.28. The monoisotopic (exact) mass is 545 g/mol. The summed E-state index contributed by atoms with van der Waals surface area (Å²) >= 11 is 1.11. The number of nitrogens with zero attached hydrogens (tertiary/aromatic N) is 2. The van der Waals surface area contributed by atoms with Crippen LogP contribution in [0.3, 0.4) is 0 Å². The van der Waals surface area contributed by atoms with Gasteiger partial charge < -0.3 is 19.5 Å². The molecule has 1 amide bonds. The maximum absolute atomic E-state index is 13.3. The van der Waals surface area contributed by atoms with Crippen LogP contribution in [0.2, 0.25) is 0 Å². The lowest BCUT2D eigenvalue weighted by atomic mass is 10.2. The van der Waals surface area contributed by atoms with Gasteiger partial charge in [0.2, 0.25) is 26.7 Å². The first-order valence-corrected chi connectivity index (χ1v) is 12.8. The summed E-state index contributed by atoms with van der Waals surface area (Å²) in [4.78, 5) is 19.8. The van der Waals surface area contributed by atoms with Crippen molar-refractivity contribution in [2.24, 2.45) is 0 Å². The van der Waals surface area contributed by atoms with Gasteiger partial charge in [-0.3, -0.25) is 4.79 Å². The zero-order chi connectivity index (χ0) is 26.5. The van der Waals surface area contributed by atoms with Crippen molar-refractivity contribution >= 4 is 32.8 Å². The average Bonchev–Trinajstić information content (AvgIpc) is 3.37. The molecule has 0 aliphatic rings. The molecule has 9 nitrogen and oxygen atoms in total. The number of anilines is 1. The molecule has 0 atom stereocenters. The van der Waals surface area contributed by atoms with E-state index in [2.05, 4.69) is 15.3 Å². The van der Waals surface area contributed by atoms with Crippen molar-refractivity contribution in [3.63, 3.8) is 0 Å². The molecule has 0 saturated carbocycles. The summed E-state index contributed by atoms with van der Waals surface area (Å²) < 4.78 is 81.1. The van der Waals surface area contributed by atoms with E-state index in [9.17, 15) is 26.4 Å². The van der Waals surface area contributed by atoms with Gasteiger partial charge in [-0.05, 0) is 23.9 Å². The van der Waals surface area contributed by atoms with E-state index in [4.69, 9.17) is 14.2 Å². The van der Waals surface area contributed by atoms with Gasteiger partial charge in [0.1, 0.15) is 5.69 Å². The summed E-state index contributed by atoms with van der Waals surface area (Å²) in [6, 6.07) is 6.83. The number of carbonyl (C=O) groups is 1. The minimum Gasteiger partial charge on any atom is -0.493 e. The predicted octanol–water partition coefficient (Wildman–Crippen LogP) is 4.44. The predicted molar refractivity (Wildman–Crippen MR) is 126 cm³/mol. The maximum Gasteiger partial charge on any atom is 0.433 e. The Hall–Kier alpha value is -3.39. The molecule has 0 unspecified atom stereocenters. The third-order valence-corrected chi connectivity index (χ3v) is 7.27. The number of hydrogen-bond donors (Lipinski definition) is 1. The molecule has 2 aromatic heterocycles. The van der Waals surface area contributed by atoms with Crippen LogP contribution in [0.5, 0.6) is 17.2 Å². The number of methoxy groups -OCH3 is 3. The van der Waals surface area contributed by atoms with Crippen LogP contribution in [-0.4, -0.2) is 51.4 Å². The Balaban J connectivity index is 1.73. The second kappa shape index (κ2) is 11.1. The molecule has 0 bridgehead atoms. The van der Waals surface area contributed by atoms with Gasteiger partial charge in [0.25, 0.3) is 0 Å². The Labute approximate surface area is 209 Å². The van der Waals surface area contributed by atoms with E-state index in [0.29, 0.717) is 33.9 Å². The first kappa shape index (κ1) is 27.2. The molecule has 0 radical (unpaired) electrons. The normalized spacial score (nSPS) is 11.7. The minimum atomic E-state index is -4.86. The van der Waals surface area contributed by atoms with Crippen molar-refractivity contribution in [3.8, 4) is 27.8 Å². The van der Waals surface area contributed by atoms with Crippen molar-refractivity contribution in [2.45, 2.75) is 24.2 Å². The van der Waals surface area contributed by atoms with Crippen molar-refractivity contribution < 1.29 is 40.6 Å². The SMILES string of the molecule is COc1cc(NC(=O)CCCS(=O)(=O)c2nc(-c3cccs3)cc(C(F)(F)F)n2)cc(OC)c1OC. The molecule has 1 aromatic carbocycles. The molecule has 194 valence electrons. The summed E-state index contributed by atoms with van der Waals surface area (Å²) in [6.45, 7) is 0. The lowest BCUT2D eigenvalue weighted by Gasteiger charge is -2.14. The largest absolute Gasteiger partial charge is 0.493 e. The molecule has 0 saturated heterocycles. The number of rotatable bonds is 10. The zero-order valence-corrected chi connectivity index (χ0v) is 21.0. The molecule has 3 rings (SSSR count). The fourth-order valence-electron chi connectivity index (χ4n) is 3.15. The number of benzene rings is 1. The quantitative estimate of drug-likeness (QED) is 0.372. The van der Waals surface area contributed by atoms with E-state index in [0.717, 1.165) is 11.3 Å². The third kappa shape index (κ3) is 6.43. The highest BCUT2D eigenvalue weighted by atomic mass is 32.2. The number of nitrogens with one attached hydrogen (secondary N) is 1. The van der Waals surface area contributed by atoms with Crippen LogP contribution < -0.4 is 19.5 Å². The van der Waals surface area contributed by atoms with E-state index in [-0.39, 0.29) is 18.5 Å². The fraction of sp³-hybridized carbons (Fsp3) is 0.318. The van der Waals surface area contributed by atoms with Gasteiger partial charge in [0.05, 0.1) is 37.7 Å². The number of hydrogen-bond acceptors (Lipinski definition) is 9. The smallest absolute Gasteiger partial charge is 0.433 e. The molecule has 0 aliphatic heterocycles. The first-order chi connectivity index (χ1) is 17.0. The van der Waals surface area contributed by atoms with Crippen LogP contribution in [0.1, 0.15) is 18.5 Å². The lowest BCUT2D eigenvalue weighted by Crippen LogP contribution is -2.18. The highest BCUT2D eigenvalue weighted by Gasteiger charge is 2.35. The zero-order valence-electron chi connectivity index (χ0n) is 19.4. The Morgan fingerprint density at radius 3 is 2.25 bits per heavy atom. The second-order valence-corrected chi connectivity index (χ2v) is 10.2. The van der Waals surface area contributed by atoms with Gasteiger partial charge in [0, 0.05) is 24.2 Å². The standard InChI is InChI=1S/C22H22F3N3O6S2/c1-32-15-10-13(11-16(33-2)20(15)34-3)26-19(29)7-5-9-36(30,31)21-27-14(17-6-4-8-35-17)12-18(28-21)22(23,24)25/h4,6,8,10-12H,5,7,9H2,1-3H3,(H,26,29). The van der Waals surface area contributed by atoms with Crippen LogP contribution in [0, 0.1) is 0 Å². The summed E-state index contributed by atoms with van der Waals surface area (Å²) in [7, 11) is -0.0621. The molecule has 0 fully saturated rings. The summed E-state index contributed by atoms with van der Waals surface area (Å²) in [6.07, 6.45) is -5.27. The van der Waals surface area contributed by atoms with E-state index in [1.54, 1.807) is 11.4 Å². The van der Waals surface area contributed by atoms with Gasteiger partial charge in [0.15, 0.2) is 11.5 Å². The number of ether oxygens (including phenoxy) is 3. The number of aromatic nitrogens is 2. The molecule has 0 spiro atoms. The number of thiophene rings is 1. The molecular formula is C22H22F3N3O6S2. The number of halogens is 3. The third-order valence-electron chi connectivity index (χ3n) is 4.81. The number of amides is 1. The van der Waals surface area contributed by atoms with E-state index in [1.165, 1.54) is 39.5 Å². The maximum atomic E-state index is 13.3. The molecule has 0 aliphatic carbocycles. The number of alkyl halides is 3. The highest BCUT2D eigenvalue weighted by molar-refractivity contribution is 7.91. The first-order valence-electron chi connectivity index (χ1n) is 10.3. The molecule has 1 N–H and O–H groups in total. The van der Waals surface area contributed by atoms with Crippen LogP contribution in [0.4, 0.5) is 18.9 Å². The van der Waals surface area contributed by atoms with Gasteiger partial charge >= 0.3 is 6.18 Å². The highest BCUT2D eigenvalue weighted by Crippen LogP contribution is 2.40. The molecule has 2 heterocycles. The van der Waals surface area contributed by atoms with Crippen LogP contribution in [0.15, 0.2) is 40.9 Å². The minimum absolute atomic E-state index is 0.147. The van der Waals surface area contributed by atoms with E-state index < -0.39 is 38.5 Å². The van der Waals surface area contributed by atoms with Crippen LogP contribution >= 0.6 is 11.3 Å². The molecule has 3 aromatic rings. The Kier molecular flexibility index (Phi) is 8.40. The van der Waals surface area contributed by atoms with E-state index in [1.807, 2.05) is 0 Å². The molecular weight excluding hydrogens is 523 g/mol. The summed E-state index contributed by atoms with van der Waals surface area (Å²) in [5.74, 6) is -0.215. The Bertz CT molecular complexity index is 1300. The van der Waals surface area contributed by atoms with Gasteiger partial charge in [-0.15, -0.1) is 11.3 Å². The van der Waals surface area contributed by atoms with Gasteiger partial charge in [-0.25, -0.2) is 18.4 Å². The summed E-state index contributed by atoms with van der Waals surface area (Å²) in [5, 5.41) is 3.29.